The van der Waals surface area contributed by atoms with E-state index in [1.165, 1.54) is 6.20 Å². The summed E-state index contributed by atoms with van der Waals surface area (Å²) in [5, 5.41) is 11.4. The summed E-state index contributed by atoms with van der Waals surface area (Å²) in [4.78, 5) is 22.5. The van der Waals surface area contributed by atoms with E-state index in [0.29, 0.717) is 6.42 Å². The van der Waals surface area contributed by atoms with E-state index in [9.17, 15) is 9.59 Å². The van der Waals surface area contributed by atoms with E-state index in [0.717, 1.165) is 11.7 Å². The van der Waals surface area contributed by atoms with Gasteiger partial charge in [0.15, 0.2) is 5.69 Å². The van der Waals surface area contributed by atoms with Crippen LogP contribution >= 0.6 is 11.7 Å². The van der Waals surface area contributed by atoms with Gasteiger partial charge in [-0.3, -0.25) is 4.79 Å². The molecule has 6 nitrogen and oxygen atoms in total. The number of nitrogens with one attached hydrogen (secondary N) is 1. The van der Waals surface area contributed by atoms with E-state index in [2.05, 4.69) is 14.1 Å². The SMILES string of the molecule is CC[C@H](C)[C@H](NC(=O)c1cnsn1)C(=O)O. The third-order valence-electron chi connectivity index (χ3n) is 2.36. The number of aromatic nitrogens is 2. The molecule has 1 amide bonds. The van der Waals surface area contributed by atoms with Crippen molar-refractivity contribution in [3.8, 4) is 0 Å². The minimum Gasteiger partial charge on any atom is -0.480 e. The summed E-state index contributed by atoms with van der Waals surface area (Å²) in [7, 11) is 0. The fourth-order valence-electron chi connectivity index (χ4n) is 1.16. The van der Waals surface area contributed by atoms with Crippen LogP contribution in [0.2, 0.25) is 0 Å². The molecule has 16 heavy (non-hydrogen) atoms. The lowest BCUT2D eigenvalue weighted by atomic mass is 9.99. The lowest BCUT2D eigenvalue weighted by Crippen LogP contribution is -2.45. The first-order valence-electron chi connectivity index (χ1n) is 4.87. The molecule has 1 heterocycles. The van der Waals surface area contributed by atoms with E-state index in [1.54, 1.807) is 6.92 Å². The molecule has 1 aromatic heterocycles. The van der Waals surface area contributed by atoms with Crippen LogP contribution in [0.25, 0.3) is 0 Å². The number of amides is 1. The minimum atomic E-state index is -1.04. The van der Waals surface area contributed by atoms with Crippen molar-refractivity contribution in [1.82, 2.24) is 14.1 Å². The summed E-state index contributed by atoms with van der Waals surface area (Å²) in [5.74, 6) is -1.67. The van der Waals surface area contributed by atoms with Crippen LogP contribution < -0.4 is 5.32 Å². The standard InChI is InChI=1S/C9H13N3O3S/c1-3-5(2)7(9(14)15)11-8(13)6-4-10-16-12-6/h4-5,7H,3H2,1-2H3,(H,11,13)(H,14,15)/t5-,7-/m0/s1. The van der Waals surface area contributed by atoms with Crippen molar-refractivity contribution in [2.75, 3.05) is 0 Å². The molecule has 88 valence electrons. The maximum Gasteiger partial charge on any atom is 0.326 e. The van der Waals surface area contributed by atoms with Crippen LogP contribution in [0.5, 0.6) is 0 Å². The second kappa shape index (κ2) is 5.55. The van der Waals surface area contributed by atoms with Crippen molar-refractivity contribution in [3.05, 3.63) is 11.9 Å². The van der Waals surface area contributed by atoms with Gasteiger partial charge >= 0.3 is 5.97 Å². The normalized spacial score (nSPS) is 14.1. The number of nitrogens with zero attached hydrogens (tertiary/aromatic N) is 2. The second-order valence-electron chi connectivity index (χ2n) is 3.47. The van der Waals surface area contributed by atoms with Crippen LogP contribution in [0.1, 0.15) is 30.8 Å². The Morgan fingerprint density at radius 2 is 2.31 bits per heavy atom. The highest BCUT2D eigenvalue weighted by molar-refractivity contribution is 6.99. The highest BCUT2D eigenvalue weighted by Crippen LogP contribution is 2.08. The number of carboxylic acids is 1. The first-order valence-corrected chi connectivity index (χ1v) is 5.60. The van der Waals surface area contributed by atoms with Crippen molar-refractivity contribution in [1.29, 1.82) is 0 Å². The molecule has 1 rings (SSSR count). The number of hydrogen-bond donors (Lipinski definition) is 2. The molecule has 0 aliphatic carbocycles. The first kappa shape index (κ1) is 12.6. The number of rotatable bonds is 5. The molecule has 0 fully saturated rings. The molecule has 0 saturated carbocycles. The molecule has 0 spiro atoms. The summed E-state index contributed by atoms with van der Waals surface area (Å²) >= 11 is 0.909. The molecule has 1 aromatic rings. The average molecular weight is 243 g/mol. The Labute approximate surface area is 97.0 Å². The van der Waals surface area contributed by atoms with E-state index in [-0.39, 0.29) is 11.6 Å². The van der Waals surface area contributed by atoms with Gasteiger partial charge in [0.05, 0.1) is 17.9 Å². The summed E-state index contributed by atoms with van der Waals surface area (Å²) in [5.41, 5.74) is 0.152. The largest absolute Gasteiger partial charge is 0.480 e. The Balaban J connectivity index is 2.69. The van der Waals surface area contributed by atoms with Gasteiger partial charge in [-0.1, -0.05) is 20.3 Å². The maximum atomic E-state index is 11.6. The molecule has 0 unspecified atom stereocenters. The lowest BCUT2D eigenvalue weighted by Gasteiger charge is -2.19. The Bertz CT molecular complexity index is 366. The molecule has 7 heteroatoms. The highest BCUT2D eigenvalue weighted by atomic mass is 32.1. The van der Waals surface area contributed by atoms with Gasteiger partial charge in [-0.15, -0.1) is 0 Å². The smallest absolute Gasteiger partial charge is 0.326 e. The maximum absolute atomic E-state index is 11.6. The van der Waals surface area contributed by atoms with Crippen LogP contribution in [0.15, 0.2) is 6.20 Å². The lowest BCUT2D eigenvalue weighted by molar-refractivity contribution is -0.140. The van der Waals surface area contributed by atoms with Crippen LogP contribution in [-0.4, -0.2) is 31.8 Å². The first-order chi connectivity index (χ1) is 7.56. The van der Waals surface area contributed by atoms with E-state index in [4.69, 9.17) is 5.11 Å². The molecule has 0 saturated heterocycles. The number of carboxylic acid groups (broad SMARTS) is 1. The van der Waals surface area contributed by atoms with Gasteiger partial charge in [-0.05, 0) is 5.92 Å². The fourth-order valence-corrected chi connectivity index (χ4v) is 1.58. The predicted molar refractivity (Wildman–Crippen MR) is 58.3 cm³/mol. The Morgan fingerprint density at radius 3 is 2.75 bits per heavy atom. The third kappa shape index (κ3) is 2.99. The minimum absolute atomic E-state index is 0.131. The van der Waals surface area contributed by atoms with Crippen LogP contribution in [-0.2, 0) is 4.79 Å². The zero-order valence-electron chi connectivity index (χ0n) is 9.01. The summed E-state index contributed by atoms with van der Waals surface area (Å²) in [6.45, 7) is 3.65. The van der Waals surface area contributed by atoms with Crippen LogP contribution in [0, 0.1) is 5.92 Å². The quantitative estimate of drug-likeness (QED) is 0.796. The molecule has 2 N–H and O–H groups in total. The molecular formula is C9H13N3O3S. The van der Waals surface area contributed by atoms with Crippen molar-refractivity contribution >= 4 is 23.6 Å². The zero-order valence-corrected chi connectivity index (χ0v) is 9.82. The van der Waals surface area contributed by atoms with Crippen molar-refractivity contribution < 1.29 is 14.7 Å². The molecule has 0 radical (unpaired) electrons. The molecule has 0 aliphatic rings. The van der Waals surface area contributed by atoms with Gasteiger partial charge in [0.25, 0.3) is 5.91 Å². The third-order valence-corrected chi connectivity index (χ3v) is 2.84. The molecule has 0 bridgehead atoms. The monoisotopic (exact) mass is 243 g/mol. The van der Waals surface area contributed by atoms with Gasteiger partial charge in [0, 0.05) is 0 Å². The summed E-state index contributed by atoms with van der Waals surface area (Å²) in [6, 6.07) is -0.890. The number of aliphatic carboxylic acids is 1. The van der Waals surface area contributed by atoms with Gasteiger partial charge in [-0.25, -0.2) is 4.79 Å². The zero-order chi connectivity index (χ0) is 12.1. The predicted octanol–water partition coefficient (Wildman–Crippen LogP) is 0.767. The van der Waals surface area contributed by atoms with Gasteiger partial charge in [-0.2, -0.15) is 8.75 Å². The van der Waals surface area contributed by atoms with Crippen molar-refractivity contribution in [3.63, 3.8) is 0 Å². The Kier molecular flexibility index (Phi) is 4.36. The summed E-state index contributed by atoms with van der Waals surface area (Å²) in [6.07, 6.45) is 1.99. The van der Waals surface area contributed by atoms with Gasteiger partial charge in [0.1, 0.15) is 6.04 Å². The second-order valence-corrected chi connectivity index (χ2v) is 4.02. The number of carbonyl (C=O) groups excluding carboxylic acids is 1. The van der Waals surface area contributed by atoms with Gasteiger partial charge in [0.2, 0.25) is 0 Å². The van der Waals surface area contributed by atoms with E-state index < -0.39 is 17.9 Å². The Morgan fingerprint density at radius 1 is 1.62 bits per heavy atom. The highest BCUT2D eigenvalue weighted by Gasteiger charge is 2.26. The van der Waals surface area contributed by atoms with Crippen molar-refractivity contribution in [2.45, 2.75) is 26.3 Å². The molecular weight excluding hydrogens is 230 g/mol. The topological polar surface area (TPSA) is 92.2 Å². The van der Waals surface area contributed by atoms with Crippen molar-refractivity contribution in [2.24, 2.45) is 5.92 Å². The van der Waals surface area contributed by atoms with Crippen LogP contribution in [0.3, 0.4) is 0 Å². The van der Waals surface area contributed by atoms with E-state index >= 15 is 0 Å². The molecule has 2 atom stereocenters. The molecule has 0 aromatic carbocycles. The summed E-state index contributed by atoms with van der Waals surface area (Å²) < 4.78 is 7.42. The van der Waals surface area contributed by atoms with Gasteiger partial charge < -0.3 is 10.4 Å². The number of carbonyl (C=O) groups is 2. The number of hydrogen-bond acceptors (Lipinski definition) is 5. The van der Waals surface area contributed by atoms with E-state index in [1.807, 2.05) is 6.92 Å². The fraction of sp³-hybridized carbons (Fsp3) is 0.556. The Hall–Kier alpha value is -1.50. The molecule has 0 aliphatic heterocycles. The van der Waals surface area contributed by atoms with Crippen LogP contribution in [0.4, 0.5) is 0 Å². The average Bonchev–Trinajstić information content (AvgIpc) is 2.77.